The van der Waals surface area contributed by atoms with Gasteiger partial charge in [0, 0.05) is 13.1 Å². The molecule has 0 heterocycles. The molecule has 1 aromatic rings. The quantitative estimate of drug-likeness (QED) is 0.599. The van der Waals surface area contributed by atoms with Crippen molar-refractivity contribution < 1.29 is 15.3 Å². The van der Waals surface area contributed by atoms with Crippen LogP contribution in [0.2, 0.25) is 0 Å². The van der Waals surface area contributed by atoms with Gasteiger partial charge in [0.1, 0.15) is 0 Å². The molecule has 0 spiro atoms. The summed E-state index contributed by atoms with van der Waals surface area (Å²) >= 11 is 0. The van der Waals surface area contributed by atoms with Gasteiger partial charge in [-0.15, -0.1) is 0 Å². The van der Waals surface area contributed by atoms with Crippen molar-refractivity contribution in [3.05, 3.63) is 23.8 Å². The first-order valence-electron chi connectivity index (χ1n) is 6.03. The van der Waals surface area contributed by atoms with Gasteiger partial charge < -0.3 is 20.6 Å². The molecule has 1 aromatic carbocycles. The number of rotatable bonds is 4. The lowest BCUT2D eigenvalue weighted by Gasteiger charge is -2.22. The number of aromatic hydroxyl groups is 2. The largest absolute Gasteiger partial charge is 0.504 e. The summed E-state index contributed by atoms with van der Waals surface area (Å²) in [6.07, 6.45) is 3.91. The van der Waals surface area contributed by atoms with Crippen molar-refractivity contribution >= 4 is 0 Å². The first kappa shape index (κ1) is 12.2. The Morgan fingerprint density at radius 1 is 1.12 bits per heavy atom. The zero-order chi connectivity index (χ0) is 12.3. The molecule has 1 aliphatic rings. The van der Waals surface area contributed by atoms with Crippen LogP contribution in [0.15, 0.2) is 18.2 Å². The van der Waals surface area contributed by atoms with Crippen LogP contribution in [0.4, 0.5) is 0 Å². The fraction of sp³-hybridized carbons (Fsp3) is 0.538. The van der Waals surface area contributed by atoms with E-state index in [-0.39, 0.29) is 11.5 Å². The van der Waals surface area contributed by atoms with Gasteiger partial charge in [-0.2, -0.15) is 0 Å². The second-order valence-electron chi connectivity index (χ2n) is 4.86. The van der Waals surface area contributed by atoms with E-state index in [2.05, 4.69) is 5.32 Å². The lowest BCUT2D eigenvalue weighted by atomic mass is 10.0. The van der Waals surface area contributed by atoms with E-state index >= 15 is 0 Å². The maximum absolute atomic E-state index is 10.1. The Morgan fingerprint density at radius 2 is 1.82 bits per heavy atom. The molecule has 0 radical (unpaired) electrons. The van der Waals surface area contributed by atoms with E-state index in [1.165, 1.54) is 12.1 Å². The summed E-state index contributed by atoms with van der Waals surface area (Å²) in [5.41, 5.74) is 0.334. The highest BCUT2D eigenvalue weighted by Crippen LogP contribution is 2.29. The van der Waals surface area contributed by atoms with Crippen molar-refractivity contribution in [1.82, 2.24) is 5.32 Å². The van der Waals surface area contributed by atoms with E-state index in [1.54, 1.807) is 6.07 Å². The standard InChI is InChI=1S/C13H19NO3/c15-11-4-3-10(7-12(11)16)8-14-9-13(17)5-1-2-6-13/h3-4,7,14-17H,1-2,5-6,8-9H2. The lowest BCUT2D eigenvalue weighted by molar-refractivity contribution is 0.0475. The van der Waals surface area contributed by atoms with E-state index in [9.17, 15) is 15.3 Å². The van der Waals surface area contributed by atoms with Gasteiger partial charge in [-0.05, 0) is 30.5 Å². The number of phenolic OH excluding ortho intramolecular Hbond substituents is 2. The van der Waals surface area contributed by atoms with Gasteiger partial charge in [0.05, 0.1) is 5.60 Å². The van der Waals surface area contributed by atoms with Crippen LogP contribution in [0.5, 0.6) is 11.5 Å². The Labute approximate surface area is 101 Å². The molecule has 17 heavy (non-hydrogen) atoms. The molecule has 0 unspecified atom stereocenters. The Balaban J connectivity index is 1.83. The van der Waals surface area contributed by atoms with Gasteiger partial charge >= 0.3 is 0 Å². The smallest absolute Gasteiger partial charge is 0.157 e. The fourth-order valence-corrected chi connectivity index (χ4v) is 2.33. The third-order valence-corrected chi connectivity index (χ3v) is 3.36. The van der Waals surface area contributed by atoms with Gasteiger partial charge in [-0.1, -0.05) is 18.9 Å². The SMILES string of the molecule is Oc1ccc(CNCC2(O)CCCC2)cc1O. The topological polar surface area (TPSA) is 72.7 Å². The molecule has 1 saturated carbocycles. The molecule has 94 valence electrons. The van der Waals surface area contributed by atoms with Crippen molar-refractivity contribution in [2.75, 3.05) is 6.54 Å². The maximum Gasteiger partial charge on any atom is 0.157 e. The Morgan fingerprint density at radius 3 is 2.47 bits per heavy atom. The van der Waals surface area contributed by atoms with Crippen LogP contribution in [-0.2, 0) is 6.54 Å². The van der Waals surface area contributed by atoms with Crippen molar-refractivity contribution in [2.45, 2.75) is 37.8 Å². The second-order valence-corrected chi connectivity index (χ2v) is 4.86. The molecule has 4 nitrogen and oxygen atoms in total. The Bertz CT molecular complexity index is 386. The lowest BCUT2D eigenvalue weighted by Crippen LogP contribution is -2.37. The summed E-state index contributed by atoms with van der Waals surface area (Å²) < 4.78 is 0. The molecule has 1 fully saturated rings. The molecule has 0 aromatic heterocycles. The van der Waals surface area contributed by atoms with Crippen LogP contribution < -0.4 is 5.32 Å². The highest BCUT2D eigenvalue weighted by atomic mass is 16.3. The second kappa shape index (κ2) is 4.94. The molecular weight excluding hydrogens is 218 g/mol. The zero-order valence-corrected chi connectivity index (χ0v) is 9.82. The van der Waals surface area contributed by atoms with Crippen LogP contribution in [-0.4, -0.2) is 27.5 Å². The number of aliphatic hydroxyl groups is 1. The molecule has 2 rings (SSSR count). The summed E-state index contributed by atoms with van der Waals surface area (Å²) in [5.74, 6) is -0.216. The summed E-state index contributed by atoms with van der Waals surface area (Å²) in [4.78, 5) is 0. The normalized spacial score (nSPS) is 18.4. The first-order chi connectivity index (χ1) is 8.09. The molecule has 0 bridgehead atoms. The summed E-state index contributed by atoms with van der Waals surface area (Å²) in [6.45, 7) is 1.16. The van der Waals surface area contributed by atoms with Crippen LogP contribution in [0.1, 0.15) is 31.2 Å². The van der Waals surface area contributed by atoms with E-state index in [1.807, 2.05) is 0 Å². The molecule has 4 N–H and O–H groups in total. The summed E-state index contributed by atoms with van der Waals surface area (Å²) in [7, 11) is 0. The molecular formula is C13H19NO3. The Kier molecular flexibility index (Phi) is 3.54. The number of hydrogen-bond donors (Lipinski definition) is 4. The Hall–Kier alpha value is -1.26. The third-order valence-electron chi connectivity index (χ3n) is 3.36. The van der Waals surface area contributed by atoms with Gasteiger partial charge in [-0.3, -0.25) is 0 Å². The average Bonchev–Trinajstić information content (AvgIpc) is 2.71. The highest BCUT2D eigenvalue weighted by molar-refractivity contribution is 5.40. The number of hydrogen-bond acceptors (Lipinski definition) is 4. The minimum absolute atomic E-state index is 0.108. The van der Waals surface area contributed by atoms with Gasteiger partial charge in [0.2, 0.25) is 0 Å². The summed E-state index contributed by atoms with van der Waals surface area (Å²) in [6, 6.07) is 4.75. The maximum atomic E-state index is 10.1. The summed E-state index contributed by atoms with van der Waals surface area (Å²) in [5, 5.41) is 31.8. The van der Waals surface area contributed by atoms with E-state index in [0.717, 1.165) is 31.2 Å². The first-order valence-corrected chi connectivity index (χ1v) is 6.03. The fourth-order valence-electron chi connectivity index (χ4n) is 2.33. The molecule has 4 heteroatoms. The van der Waals surface area contributed by atoms with Crippen LogP contribution in [0, 0.1) is 0 Å². The molecule has 0 aliphatic heterocycles. The third kappa shape index (κ3) is 3.11. The minimum atomic E-state index is -0.557. The average molecular weight is 237 g/mol. The molecule has 1 aliphatic carbocycles. The molecule has 0 amide bonds. The van der Waals surface area contributed by atoms with Gasteiger partial charge in [-0.25, -0.2) is 0 Å². The number of benzene rings is 1. The van der Waals surface area contributed by atoms with Crippen molar-refractivity contribution in [3.8, 4) is 11.5 Å². The highest BCUT2D eigenvalue weighted by Gasteiger charge is 2.30. The van der Waals surface area contributed by atoms with Crippen molar-refractivity contribution in [2.24, 2.45) is 0 Å². The molecule has 0 saturated heterocycles. The van der Waals surface area contributed by atoms with E-state index < -0.39 is 5.60 Å². The van der Waals surface area contributed by atoms with E-state index in [4.69, 9.17) is 0 Å². The molecule has 0 atom stereocenters. The van der Waals surface area contributed by atoms with Crippen molar-refractivity contribution in [1.29, 1.82) is 0 Å². The van der Waals surface area contributed by atoms with Gasteiger partial charge in [0.25, 0.3) is 0 Å². The monoisotopic (exact) mass is 237 g/mol. The number of nitrogens with one attached hydrogen (secondary N) is 1. The predicted octanol–water partition coefficient (Wildman–Crippen LogP) is 1.49. The van der Waals surface area contributed by atoms with Gasteiger partial charge in [0.15, 0.2) is 11.5 Å². The van der Waals surface area contributed by atoms with E-state index in [0.29, 0.717) is 13.1 Å². The van der Waals surface area contributed by atoms with Crippen molar-refractivity contribution in [3.63, 3.8) is 0 Å². The zero-order valence-electron chi connectivity index (χ0n) is 9.82. The van der Waals surface area contributed by atoms with Crippen LogP contribution >= 0.6 is 0 Å². The van der Waals surface area contributed by atoms with Crippen LogP contribution in [0.3, 0.4) is 0 Å². The number of phenols is 2. The minimum Gasteiger partial charge on any atom is -0.504 e. The predicted molar refractivity (Wildman–Crippen MR) is 64.9 cm³/mol. The van der Waals surface area contributed by atoms with Crippen LogP contribution in [0.25, 0.3) is 0 Å².